The van der Waals surface area contributed by atoms with Crippen LogP contribution in [0.4, 0.5) is 37.7 Å². The highest BCUT2D eigenvalue weighted by molar-refractivity contribution is 7.80. The van der Waals surface area contributed by atoms with Crippen LogP contribution in [0.15, 0.2) is 84.9 Å². The third-order valence-corrected chi connectivity index (χ3v) is 7.10. The SMILES string of the molecule is FC(F)(F)c1cc(NC(=S)Nc2cc3ccc2CCc2ccc(c(-c4ccccc4)c2)CC3)cc(C(F)(F)F)c1. The standard InChI is InChI=1S/C31H24F6N2S/c32-30(33,34)24-16-25(31(35,36)37)18-26(17-24)38-29(40)39-28-15-20-7-11-22-10-6-19(8-12-23(28)13-9-20)14-27(22)21-4-2-1-3-5-21/h1-6,9-10,13-18H,7-8,11-12H2,(H2,38,39,40). The molecule has 0 radical (unpaired) electrons. The molecule has 0 saturated carbocycles. The van der Waals surface area contributed by atoms with E-state index in [1.807, 2.05) is 36.4 Å². The van der Waals surface area contributed by atoms with Gasteiger partial charge in [0, 0.05) is 11.4 Å². The van der Waals surface area contributed by atoms with Gasteiger partial charge in [-0.15, -0.1) is 0 Å². The maximum atomic E-state index is 13.3. The molecule has 4 aromatic rings. The zero-order valence-electron chi connectivity index (χ0n) is 21.1. The van der Waals surface area contributed by atoms with Gasteiger partial charge >= 0.3 is 12.4 Å². The number of anilines is 2. The Balaban J connectivity index is 1.39. The number of aryl methyl sites for hydroxylation is 4. The van der Waals surface area contributed by atoms with Crippen molar-refractivity contribution >= 4 is 28.7 Å². The monoisotopic (exact) mass is 570 g/mol. The van der Waals surface area contributed by atoms with Gasteiger partial charge in [-0.3, -0.25) is 0 Å². The van der Waals surface area contributed by atoms with E-state index in [1.54, 1.807) is 0 Å². The van der Waals surface area contributed by atoms with Gasteiger partial charge in [-0.25, -0.2) is 0 Å². The maximum absolute atomic E-state index is 13.3. The van der Waals surface area contributed by atoms with Crippen LogP contribution in [0.2, 0.25) is 0 Å². The van der Waals surface area contributed by atoms with E-state index in [0.717, 1.165) is 41.5 Å². The quantitative estimate of drug-likeness (QED) is 0.190. The van der Waals surface area contributed by atoms with Gasteiger partial charge < -0.3 is 10.6 Å². The van der Waals surface area contributed by atoms with Gasteiger partial charge in [0.05, 0.1) is 11.1 Å². The largest absolute Gasteiger partial charge is 0.416 e. The van der Waals surface area contributed by atoms with Gasteiger partial charge in [0.15, 0.2) is 5.11 Å². The molecule has 0 unspecified atom stereocenters. The predicted molar refractivity (Wildman–Crippen MR) is 149 cm³/mol. The molecule has 0 atom stereocenters. The van der Waals surface area contributed by atoms with Crippen molar-refractivity contribution in [1.29, 1.82) is 0 Å². The van der Waals surface area contributed by atoms with Crippen molar-refractivity contribution in [3.63, 3.8) is 0 Å². The fourth-order valence-electron chi connectivity index (χ4n) is 4.87. The first-order valence-corrected chi connectivity index (χ1v) is 13.0. The molecule has 0 heterocycles. The first-order valence-electron chi connectivity index (χ1n) is 12.6. The van der Waals surface area contributed by atoms with Crippen molar-refractivity contribution in [2.75, 3.05) is 10.6 Å². The van der Waals surface area contributed by atoms with Crippen LogP contribution in [0.25, 0.3) is 11.1 Å². The molecule has 2 nitrogen and oxygen atoms in total. The summed E-state index contributed by atoms with van der Waals surface area (Å²) < 4.78 is 79.6. The second-order valence-electron chi connectivity index (χ2n) is 9.72. The van der Waals surface area contributed by atoms with E-state index in [1.165, 1.54) is 11.1 Å². The van der Waals surface area contributed by atoms with E-state index in [0.29, 0.717) is 24.2 Å². The van der Waals surface area contributed by atoms with E-state index in [4.69, 9.17) is 12.2 Å². The number of benzene rings is 4. The molecule has 4 aromatic carbocycles. The van der Waals surface area contributed by atoms with E-state index in [-0.39, 0.29) is 11.2 Å². The van der Waals surface area contributed by atoms with Crippen molar-refractivity contribution < 1.29 is 26.3 Å². The third kappa shape index (κ3) is 6.47. The summed E-state index contributed by atoms with van der Waals surface area (Å²) >= 11 is 5.31. The first-order chi connectivity index (χ1) is 19.0. The summed E-state index contributed by atoms with van der Waals surface area (Å²) in [6, 6.07) is 24.0. The molecule has 0 aliphatic heterocycles. The minimum Gasteiger partial charge on any atom is -0.332 e. The Hall–Kier alpha value is -3.85. The Morgan fingerprint density at radius 2 is 1.18 bits per heavy atom. The minimum atomic E-state index is -4.95. The number of halogens is 6. The molecule has 9 heteroatoms. The lowest BCUT2D eigenvalue weighted by Gasteiger charge is -2.19. The van der Waals surface area contributed by atoms with E-state index >= 15 is 0 Å². The topological polar surface area (TPSA) is 24.1 Å². The van der Waals surface area contributed by atoms with Gasteiger partial charge in [0.1, 0.15) is 0 Å². The molecule has 0 fully saturated rings. The molecule has 4 bridgehead atoms. The predicted octanol–water partition coefficient (Wildman–Crippen LogP) is 9.08. The Bertz CT molecular complexity index is 1510. The van der Waals surface area contributed by atoms with E-state index in [9.17, 15) is 26.3 Å². The highest BCUT2D eigenvalue weighted by Gasteiger charge is 2.37. The van der Waals surface area contributed by atoms with Crippen LogP contribution in [0, 0.1) is 0 Å². The van der Waals surface area contributed by atoms with Crippen LogP contribution in [0.3, 0.4) is 0 Å². The van der Waals surface area contributed by atoms with Gasteiger partial charge in [0.25, 0.3) is 0 Å². The number of hydrogen-bond acceptors (Lipinski definition) is 1. The molecule has 0 saturated heterocycles. The Morgan fingerprint density at radius 3 is 1.80 bits per heavy atom. The molecule has 0 amide bonds. The smallest absolute Gasteiger partial charge is 0.332 e. The number of nitrogens with one attached hydrogen (secondary N) is 2. The molecule has 206 valence electrons. The molecule has 0 aromatic heterocycles. The molecule has 0 spiro atoms. The van der Waals surface area contributed by atoms with Crippen molar-refractivity contribution in [1.82, 2.24) is 0 Å². The van der Waals surface area contributed by atoms with Crippen molar-refractivity contribution in [3.8, 4) is 11.1 Å². The number of rotatable bonds is 3. The minimum absolute atomic E-state index is 0.0861. The molecule has 40 heavy (non-hydrogen) atoms. The summed E-state index contributed by atoms with van der Waals surface area (Å²) in [5.74, 6) is 0. The second kappa shape index (κ2) is 11.0. The fourth-order valence-corrected chi connectivity index (χ4v) is 5.09. The number of hydrogen-bond donors (Lipinski definition) is 2. The third-order valence-electron chi connectivity index (χ3n) is 6.89. The Kier molecular flexibility index (Phi) is 7.59. The van der Waals surface area contributed by atoms with E-state index < -0.39 is 29.2 Å². The highest BCUT2D eigenvalue weighted by Crippen LogP contribution is 2.38. The molecular weight excluding hydrogens is 546 g/mol. The van der Waals surface area contributed by atoms with Gasteiger partial charge in [0.2, 0.25) is 0 Å². The Labute approximate surface area is 233 Å². The summed E-state index contributed by atoms with van der Waals surface area (Å²) in [5, 5.41) is 5.42. The van der Waals surface area contributed by atoms with Gasteiger partial charge in [-0.05, 0) is 95.5 Å². The highest BCUT2D eigenvalue weighted by atomic mass is 32.1. The summed E-state index contributed by atoms with van der Waals surface area (Å²) in [6.45, 7) is 0. The first kappa shape index (κ1) is 27.7. The van der Waals surface area contributed by atoms with Crippen LogP contribution in [-0.2, 0) is 38.0 Å². The lowest BCUT2D eigenvalue weighted by molar-refractivity contribution is -0.143. The number of thiocarbonyl (C=S) groups is 1. The van der Waals surface area contributed by atoms with Crippen LogP contribution >= 0.6 is 12.2 Å². The average molecular weight is 571 g/mol. The lowest BCUT2D eigenvalue weighted by atomic mass is 9.90. The van der Waals surface area contributed by atoms with Crippen LogP contribution in [-0.4, -0.2) is 5.11 Å². The average Bonchev–Trinajstić information content (AvgIpc) is 2.89. The summed E-state index contributed by atoms with van der Waals surface area (Å²) in [6.07, 6.45) is -6.99. The zero-order valence-corrected chi connectivity index (χ0v) is 21.9. The molecule has 4 aliphatic carbocycles. The van der Waals surface area contributed by atoms with Crippen molar-refractivity contribution in [2.45, 2.75) is 38.0 Å². The number of alkyl halides is 6. The van der Waals surface area contributed by atoms with E-state index in [2.05, 4.69) is 41.0 Å². The molecule has 8 rings (SSSR count). The molecule has 2 N–H and O–H groups in total. The summed E-state index contributed by atoms with van der Waals surface area (Å²) in [7, 11) is 0. The van der Waals surface area contributed by atoms with Crippen molar-refractivity contribution in [2.24, 2.45) is 0 Å². The van der Waals surface area contributed by atoms with Crippen LogP contribution in [0.5, 0.6) is 0 Å². The molecular formula is C31H24F6N2S. The Morgan fingerprint density at radius 1 is 0.600 bits per heavy atom. The second-order valence-corrected chi connectivity index (χ2v) is 10.1. The van der Waals surface area contributed by atoms with Gasteiger partial charge in [-0.2, -0.15) is 26.3 Å². The fraction of sp³-hybridized carbons (Fsp3) is 0.194. The maximum Gasteiger partial charge on any atom is 0.416 e. The van der Waals surface area contributed by atoms with Crippen molar-refractivity contribution in [3.05, 3.63) is 118 Å². The van der Waals surface area contributed by atoms with Gasteiger partial charge in [-0.1, -0.05) is 60.7 Å². The molecule has 4 aliphatic rings. The zero-order chi connectivity index (χ0) is 28.5. The normalized spacial score (nSPS) is 13.4. The lowest BCUT2D eigenvalue weighted by Crippen LogP contribution is -2.21. The van der Waals surface area contributed by atoms with Crippen LogP contribution in [0.1, 0.15) is 33.4 Å². The summed E-state index contributed by atoms with van der Waals surface area (Å²) in [5.41, 5.74) is 4.13. The van der Waals surface area contributed by atoms with Crippen LogP contribution < -0.4 is 10.6 Å². The summed E-state index contributed by atoms with van der Waals surface area (Å²) in [4.78, 5) is 0.